The molecule has 0 aromatic heterocycles. The van der Waals surface area contributed by atoms with E-state index in [1.54, 1.807) is 0 Å². The van der Waals surface area contributed by atoms with Crippen LogP contribution in [-0.2, 0) is 4.79 Å². The quantitative estimate of drug-likeness (QED) is 0.751. The number of nitrogens with two attached hydrogens (primary N) is 1. The third-order valence-corrected chi connectivity index (χ3v) is 3.86. The van der Waals surface area contributed by atoms with Crippen LogP contribution in [0.3, 0.4) is 0 Å². The standard InChI is InChI=1S/C12H22N2O/c13-11-6-2-1-5-10(11)9-12(15)14-7-3-4-8-14/h10-11H,1-9,13H2. The molecule has 1 aliphatic heterocycles. The van der Waals surface area contributed by atoms with Crippen molar-refractivity contribution in [3.05, 3.63) is 0 Å². The Hall–Kier alpha value is -0.570. The first-order valence-electron chi connectivity index (χ1n) is 6.31. The molecule has 1 saturated carbocycles. The Bertz CT molecular complexity index is 224. The van der Waals surface area contributed by atoms with Crippen LogP contribution >= 0.6 is 0 Å². The maximum Gasteiger partial charge on any atom is 0.222 e. The molecule has 0 radical (unpaired) electrons. The van der Waals surface area contributed by atoms with Crippen molar-refractivity contribution < 1.29 is 4.79 Å². The van der Waals surface area contributed by atoms with Gasteiger partial charge in [-0.3, -0.25) is 4.79 Å². The molecule has 2 unspecified atom stereocenters. The lowest BCUT2D eigenvalue weighted by Gasteiger charge is -2.29. The van der Waals surface area contributed by atoms with Crippen LogP contribution in [0.2, 0.25) is 0 Å². The summed E-state index contributed by atoms with van der Waals surface area (Å²) in [6.07, 6.45) is 7.83. The van der Waals surface area contributed by atoms with E-state index >= 15 is 0 Å². The predicted octanol–water partition coefficient (Wildman–Crippen LogP) is 1.52. The molecule has 3 heteroatoms. The monoisotopic (exact) mass is 210 g/mol. The topological polar surface area (TPSA) is 46.3 Å². The fourth-order valence-corrected chi connectivity index (χ4v) is 2.81. The molecule has 1 heterocycles. The van der Waals surface area contributed by atoms with Crippen LogP contribution in [0, 0.1) is 5.92 Å². The smallest absolute Gasteiger partial charge is 0.222 e. The van der Waals surface area contributed by atoms with Crippen molar-refractivity contribution in [3.63, 3.8) is 0 Å². The molecular weight excluding hydrogens is 188 g/mol. The highest BCUT2D eigenvalue weighted by Crippen LogP contribution is 2.26. The molecule has 2 N–H and O–H groups in total. The average Bonchev–Trinajstić information content (AvgIpc) is 2.74. The maximum atomic E-state index is 11.9. The summed E-state index contributed by atoms with van der Waals surface area (Å²) in [6, 6.07) is 0.269. The number of amides is 1. The zero-order valence-electron chi connectivity index (χ0n) is 9.45. The van der Waals surface area contributed by atoms with Gasteiger partial charge in [0.1, 0.15) is 0 Å². The van der Waals surface area contributed by atoms with Crippen LogP contribution in [0.25, 0.3) is 0 Å². The number of carbonyl (C=O) groups excluding carboxylic acids is 1. The number of rotatable bonds is 2. The lowest BCUT2D eigenvalue weighted by atomic mass is 9.83. The summed E-state index contributed by atoms with van der Waals surface area (Å²) in [5, 5.41) is 0. The zero-order valence-corrected chi connectivity index (χ0v) is 9.45. The predicted molar refractivity (Wildman–Crippen MR) is 60.4 cm³/mol. The number of nitrogens with zero attached hydrogens (tertiary/aromatic N) is 1. The van der Waals surface area contributed by atoms with Crippen molar-refractivity contribution >= 4 is 5.91 Å². The van der Waals surface area contributed by atoms with Gasteiger partial charge >= 0.3 is 0 Å². The normalized spacial score (nSPS) is 31.9. The Labute approximate surface area is 92.0 Å². The fraction of sp³-hybridized carbons (Fsp3) is 0.917. The van der Waals surface area contributed by atoms with E-state index in [2.05, 4.69) is 0 Å². The van der Waals surface area contributed by atoms with Crippen molar-refractivity contribution in [2.75, 3.05) is 13.1 Å². The molecule has 2 aliphatic rings. The molecule has 0 aromatic rings. The molecule has 0 aromatic carbocycles. The van der Waals surface area contributed by atoms with Crippen LogP contribution in [0.4, 0.5) is 0 Å². The highest BCUT2D eigenvalue weighted by atomic mass is 16.2. The Kier molecular flexibility index (Phi) is 3.62. The molecule has 2 rings (SSSR count). The minimum atomic E-state index is 0.269. The third kappa shape index (κ3) is 2.71. The van der Waals surface area contributed by atoms with Gasteiger partial charge in [-0.25, -0.2) is 0 Å². The van der Waals surface area contributed by atoms with Crippen LogP contribution in [-0.4, -0.2) is 29.9 Å². The van der Waals surface area contributed by atoms with Crippen molar-refractivity contribution in [3.8, 4) is 0 Å². The summed E-state index contributed by atoms with van der Waals surface area (Å²) < 4.78 is 0. The summed E-state index contributed by atoms with van der Waals surface area (Å²) in [6.45, 7) is 1.95. The molecule has 1 aliphatic carbocycles. The number of hydrogen-bond acceptors (Lipinski definition) is 2. The lowest BCUT2D eigenvalue weighted by molar-refractivity contribution is -0.131. The Morgan fingerprint density at radius 2 is 1.80 bits per heavy atom. The first-order valence-corrected chi connectivity index (χ1v) is 6.31. The van der Waals surface area contributed by atoms with Gasteiger partial charge in [0.2, 0.25) is 5.91 Å². The van der Waals surface area contributed by atoms with Crippen molar-refractivity contribution in [2.45, 2.75) is 51.0 Å². The third-order valence-electron chi connectivity index (χ3n) is 3.86. The van der Waals surface area contributed by atoms with Gasteiger partial charge in [0.25, 0.3) is 0 Å². The highest BCUT2D eigenvalue weighted by Gasteiger charge is 2.27. The maximum absolute atomic E-state index is 11.9. The van der Waals surface area contributed by atoms with Gasteiger partial charge in [-0.15, -0.1) is 0 Å². The molecule has 0 spiro atoms. The summed E-state index contributed by atoms with van der Waals surface area (Å²) in [4.78, 5) is 13.9. The van der Waals surface area contributed by atoms with Gasteiger partial charge in [0.05, 0.1) is 0 Å². The summed E-state index contributed by atoms with van der Waals surface area (Å²) in [7, 11) is 0. The molecule has 2 atom stereocenters. The average molecular weight is 210 g/mol. The Morgan fingerprint density at radius 1 is 1.13 bits per heavy atom. The molecule has 0 bridgehead atoms. The molecule has 15 heavy (non-hydrogen) atoms. The van der Waals surface area contributed by atoms with Crippen molar-refractivity contribution in [2.24, 2.45) is 11.7 Å². The van der Waals surface area contributed by atoms with E-state index < -0.39 is 0 Å². The van der Waals surface area contributed by atoms with E-state index in [0.29, 0.717) is 18.2 Å². The first kappa shape index (κ1) is 10.9. The second-order valence-electron chi connectivity index (χ2n) is 5.00. The van der Waals surface area contributed by atoms with Crippen LogP contribution in [0.5, 0.6) is 0 Å². The first-order chi connectivity index (χ1) is 7.27. The van der Waals surface area contributed by atoms with Crippen LogP contribution in [0.15, 0.2) is 0 Å². The van der Waals surface area contributed by atoms with Crippen molar-refractivity contribution in [1.82, 2.24) is 4.90 Å². The largest absolute Gasteiger partial charge is 0.343 e. The number of likely N-dealkylation sites (tertiary alicyclic amines) is 1. The van der Waals surface area contributed by atoms with Gasteiger partial charge in [-0.05, 0) is 31.6 Å². The summed E-state index contributed by atoms with van der Waals surface area (Å²) in [5.74, 6) is 0.793. The van der Waals surface area contributed by atoms with Crippen molar-refractivity contribution in [1.29, 1.82) is 0 Å². The van der Waals surface area contributed by atoms with E-state index in [4.69, 9.17) is 5.73 Å². The Balaban J connectivity index is 1.81. The molecule has 1 saturated heterocycles. The Morgan fingerprint density at radius 3 is 2.47 bits per heavy atom. The van der Waals surface area contributed by atoms with E-state index in [1.807, 2.05) is 4.90 Å². The van der Waals surface area contributed by atoms with E-state index in [9.17, 15) is 4.79 Å². The molecule has 86 valence electrons. The fourth-order valence-electron chi connectivity index (χ4n) is 2.81. The lowest BCUT2D eigenvalue weighted by Crippen LogP contribution is -2.38. The molecule has 2 fully saturated rings. The number of hydrogen-bond donors (Lipinski definition) is 1. The molecular formula is C12H22N2O. The minimum Gasteiger partial charge on any atom is -0.343 e. The zero-order chi connectivity index (χ0) is 10.7. The van der Waals surface area contributed by atoms with Gasteiger partial charge in [0, 0.05) is 25.6 Å². The SMILES string of the molecule is NC1CCCCC1CC(=O)N1CCCC1. The van der Waals surface area contributed by atoms with Gasteiger partial charge in [-0.1, -0.05) is 12.8 Å². The van der Waals surface area contributed by atoms with Crippen LogP contribution < -0.4 is 5.73 Å². The van der Waals surface area contributed by atoms with Gasteiger partial charge < -0.3 is 10.6 Å². The molecule has 3 nitrogen and oxygen atoms in total. The van der Waals surface area contributed by atoms with E-state index in [-0.39, 0.29) is 6.04 Å². The van der Waals surface area contributed by atoms with E-state index in [1.165, 1.54) is 25.7 Å². The molecule has 1 amide bonds. The number of carbonyl (C=O) groups is 1. The van der Waals surface area contributed by atoms with Crippen LogP contribution in [0.1, 0.15) is 44.9 Å². The van der Waals surface area contributed by atoms with Gasteiger partial charge in [-0.2, -0.15) is 0 Å². The van der Waals surface area contributed by atoms with E-state index in [0.717, 1.165) is 25.9 Å². The summed E-state index contributed by atoms with van der Waals surface area (Å²) >= 11 is 0. The second kappa shape index (κ2) is 4.97. The minimum absolute atomic E-state index is 0.269. The van der Waals surface area contributed by atoms with Gasteiger partial charge in [0.15, 0.2) is 0 Å². The summed E-state index contributed by atoms with van der Waals surface area (Å²) in [5.41, 5.74) is 6.06. The highest BCUT2D eigenvalue weighted by molar-refractivity contribution is 5.76. The second-order valence-corrected chi connectivity index (χ2v) is 5.00.